The lowest BCUT2D eigenvalue weighted by Crippen LogP contribution is -2.38. The van der Waals surface area contributed by atoms with Gasteiger partial charge in [-0.3, -0.25) is 4.79 Å². The zero-order valence-electron chi connectivity index (χ0n) is 11.4. The van der Waals surface area contributed by atoms with Crippen LogP contribution in [-0.2, 0) is 11.3 Å². The first-order valence-electron chi connectivity index (χ1n) is 6.49. The Labute approximate surface area is 123 Å². The van der Waals surface area contributed by atoms with Crippen molar-refractivity contribution >= 4 is 23.6 Å². The number of carboxylic acids is 1. The Bertz CT molecular complexity index is 465. The van der Waals surface area contributed by atoms with Crippen LogP contribution in [0.3, 0.4) is 0 Å². The van der Waals surface area contributed by atoms with Crippen LogP contribution >= 0.6 is 11.6 Å². The highest BCUT2D eigenvalue weighted by Crippen LogP contribution is 2.14. The monoisotopic (exact) mass is 298 g/mol. The molecule has 1 unspecified atom stereocenters. The van der Waals surface area contributed by atoms with Crippen molar-refractivity contribution in [2.75, 3.05) is 6.54 Å². The smallest absolute Gasteiger partial charge is 0.315 e. The minimum Gasteiger partial charge on any atom is -0.481 e. The normalized spacial score (nSPS) is 11.7. The highest BCUT2D eigenvalue weighted by molar-refractivity contribution is 6.31. The number of amides is 2. The third kappa shape index (κ3) is 5.93. The van der Waals surface area contributed by atoms with Gasteiger partial charge in [0.05, 0.1) is 0 Å². The molecule has 0 aliphatic carbocycles. The first-order valence-corrected chi connectivity index (χ1v) is 6.87. The fraction of sp³-hybridized carbons (Fsp3) is 0.429. The molecule has 2 amide bonds. The zero-order chi connectivity index (χ0) is 15.0. The van der Waals surface area contributed by atoms with Crippen molar-refractivity contribution < 1.29 is 14.7 Å². The molecule has 0 aliphatic rings. The lowest BCUT2D eigenvalue weighted by molar-refractivity contribution is -0.138. The highest BCUT2D eigenvalue weighted by Gasteiger charge is 2.12. The molecular formula is C14H19ClN2O3. The predicted octanol–water partition coefficient (Wildman–Crippen LogP) is 2.64. The Morgan fingerprint density at radius 3 is 2.60 bits per heavy atom. The second-order valence-electron chi connectivity index (χ2n) is 4.53. The van der Waals surface area contributed by atoms with Gasteiger partial charge in [0.1, 0.15) is 0 Å². The molecule has 0 saturated heterocycles. The average molecular weight is 299 g/mol. The lowest BCUT2D eigenvalue weighted by atomic mass is 10.0. The van der Waals surface area contributed by atoms with Crippen molar-refractivity contribution in [1.82, 2.24) is 10.6 Å². The molecule has 1 aromatic carbocycles. The molecular weight excluding hydrogens is 280 g/mol. The summed E-state index contributed by atoms with van der Waals surface area (Å²) in [6.07, 6.45) is 0.762. The molecule has 0 aromatic heterocycles. The molecule has 0 bridgehead atoms. The summed E-state index contributed by atoms with van der Waals surface area (Å²) in [5, 5.41) is 14.7. The van der Waals surface area contributed by atoms with Gasteiger partial charge in [-0.1, -0.05) is 43.1 Å². The number of carbonyl (C=O) groups is 2. The molecule has 6 heteroatoms. The van der Waals surface area contributed by atoms with Crippen LogP contribution in [0, 0.1) is 5.92 Å². The van der Waals surface area contributed by atoms with Gasteiger partial charge in [0, 0.05) is 24.5 Å². The van der Waals surface area contributed by atoms with Crippen molar-refractivity contribution in [3.63, 3.8) is 0 Å². The van der Waals surface area contributed by atoms with Crippen molar-refractivity contribution in [2.24, 2.45) is 5.92 Å². The van der Waals surface area contributed by atoms with Gasteiger partial charge in [0.25, 0.3) is 0 Å². The van der Waals surface area contributed by atoms with E-state index in [1.54, 1.807) is 6.07 Å². The molecule has 5 nitrogen and oxygen atoms in total. The molecule has 0 spiro atoms. The number of carboxylic acid groups (broad SMARTS) is 1. The van der Waals surface area contributed by atoms with Gasteiger partial charge in [-0.2, -0.15) is 0 Å². The van der Waals surface area contributed by atoms with Crippen LogP contribution in [0.15, 0.2) is 24.3 Å². The van der Waals surface area contributed by atoms with Gasteiger partial charge in [0.15, 0.2) is 0 Å². The van der Waals surface area contributed by atoms with E-state index in [0.29, 0.717) is 24.5 Å². The molecule has 0 aliphatic heterocycles. The molecule has 1 rings (SSSR count). The van der Waals surface area contributed by atoms with Crippen molar-refractivity contribution in [3.05, 3.63) is 34.9 Å². The summed E-state index contributed by atoms with van der Waals surface area (Å²) in [7, 11) is 0. The first-order chi connectivity index (χ1) is 9.52. The summed E-state index contributed by atoms with van der Waals surface area (Å²) in [6, 6.07) is 6.94. The molecule has 20 heavy (non-hydrogen) atoms. The third-order valence-corrected chi connectivity index (χ3v) is 3.36. The summed E-state index contributed by atoms with van der Waals surface area (Å²) in [5.41, 5.74) is 0.835. The molecule has 0 radical (unpaired) electrons. The number of benzene rings is 1. The molecule has 0 fully saturated rings. The van der Waals surface area contributed by atoms with E-state index in [4.69, 9.17) is 16.7 Å². The van der Waals surface area contributed by atoms with Gasteiger partial charge >= 0.3 is 12.0 Å². The van der Waals surface area contributed by atoms with E-state index >= 15 is 0 Å². The Balaban J connectivity index is 2.33. The number of halogens is 1. The van der Waals surface area contributed by atoms with Gasteiger partial charge in [-0.15, -0.1) is 0 Å². The van der Waals surface area contributed by atoms with E-state index in [1.165, 1.54) is 0 Å². The minimum atomic E-state index is -0.852. The van der Waals surface area contributed by atoms with Crippen LogP contribution in [0.1, 0.15) is 25.3 Å². The van der Waals surface area contributed by atoms with Gasteiger partial charge in [0.2, 0.25) is 0 Å². The van der Waals surface area contributed by atoms with Crippen LogP contribution in [0.2, 0.25) is 5.02 Å². The van der Waals surface area contributed by atoms with E-state index in [2.05, 4.69) is 10.6 Å². The molecule has 3 N–H and O–H groups in total. The van der Waals surface area contributed by atoms with Gasteiger partial charge < -0.3 is 15.7 Å². The van der Waals surface area contributed by atoms with Crippen LogP contribution in [0.4, 0.5) is 4.79 Å². The maximum atomic E-state index is 11.6. The van der Waals surface area contributed by atoms with Gasteiger partial charge in [-0.25, -0.2) is 4.79 Å². The third-order valence-electron chi connectivity index (χ3n) is 2.99. The maximum absolute atomic E-state index is 11.6. The summed E-state index contributed by atoms with van der Waals surface area (Å²) >= 11 is 5.98. The first kappa shape index (κ1) is 16.3. The van der Waals surface area contributed by atoms with Crippen LogP contribution in [0.5, 0.6) is 0 Å². The second-order valence-corrected chi connectivity index (χ2v) is 4.93. The SMILES string of the molecule is CCC(CNC(=O)NCc1ccccc1Cl)CC(=O)O. The standard InChI is InChI=1S/C14H19ClN2O3/c1-2-10(7-13(18)19)8-16-14(20)17-9-11-5-3-4-6-12(11)15/h3-6,10H,2,7-9H2,1H3,(H,18,19)(H2,16,17,20). The van der Waals surface area contributed by atoms with E-state index in [0.717, 1.165) is 5.56 Å². The van der Waals surface area contributed by atoms with E-state index in [9.17, 15) is 9.59 Å². The lowest BCUT2D eigenvalue weighted by Gasteiger charge is -2.14. The summed E-state index contributed by atoms with van der Waals surface area (Å²) < 4.78 is 0. The summed E-state index contributed by atoms with van der Waals surface area (Å²) in [6.45, 7) is 2.58. The average Bonchev–Trinajstić information content (AvgIpc) is 2.42. The number of nitrogens with one attached hydrogen (secondary N) is 2. The predicted molar refractivity (Wildman–Crippen MR) is 77.7 cm³/mol. The van der Waals surface area contributed by atoms with E-state index in [-0.39, 0.29) is 18.4 Å². The number of aliphatic carboxylic acids is 1. The number of carbonyl (C=O) groups excluding carboxylic acids is 1. The zero-order valence-corrected chi connectivity index (χ0v) is 12.1. The van der Waals surface area contributed by atoms with Crippen LogP contribution in [-0.4, -0.2) is 23.7 Å². The maximum Gasteiger partial charge on any atom is 0.315 e. The number of rotatable bonds is 7. The summed E-state index contributed by atoms with van der Waals surface area (Å²) in [5.74, 6) is -0.909. The fourth-order valence-corrected chi connectivity index (χ4v) is 1.93. The van der Waals surface area contributed by atoms with Crippen LogP contribution < -0.4 is 10.6 Å². The molecule has 0 saturated carbocycles. The summed E-state index contributed by atoms with van der Waals surface area (Å²) in [4.78, 5) is 22.2. The molecule has 0 heterocycles. The van der Waals surface area contributed by atoms with Crippen LogP contribution in [0.25, 0.3) is 0 Å². The molecule has 110 valence electrons. The number of hydrogen-bond donors (Lipinski definition) is 3. The Morgan fingerprint density at radius 2 is 2.00 bits per heavy atom. The Hall–Kier alpha value is -1.75. The van der Waals surface area contributed by atoms with Crippen molar-refractivity contribution in [1.29, 1.82) is 0 Å². The number of hydrogen-bond acceptors (Lipinski definition) is 2. The van der Waals surface area contributed by atoms with E-state index < -0.39 is 5.97 Å². The van der Waals surface area contributed by atoms with Gasteiger partial charge in [-0.05, 0) is 17.5 Å². The largest absolute Gasteiger partial charge is 0.481 e. The minimum absolute atomic E-state index is 0.0568. The topological polar surface area (TPSA) is 78.4 Å². The molecule has 1 atom stereocenters. The second kappa shape index (κ2) is 8.43. The number of urea groups is 1. The molecule has 1 aromatic rings. The van der Waals surface area contributed by atoms with Crippen molar-refractivity contribution in [2.45, 2.75) is 26.3 Å². The highest BCUT2D eigenvalue weighted by atomic mass is 35.5. The quantitative estimate of drug-likeness (QED) is 0.724. The van der Waals surface area contributed by atoms with E-state index in [1.807, 2.05) is 25.1 Å². The Morgan fingerprint density at radius 1 is 1.30 bits per heavy atom. The fourth-order valence-electron chi connectivity index (χ4n) is 1.72. The Kier molecular flexibility index (Phi) is 6.87. The van der Waals surface area contributed by atoms with Crippen molar-refractivity contribution in [3.8, 4) is 0 Å².